The van der Waals surface area contributed by atoms with Crippen molar-refractivity contribution in [3.05, 3.63) is 68.3 Å². The molecule has 0 bridgehead atoms. The van der Waals surface area contributed by atoms with Crippen molar-refractivity contribution >= 4 is 11.4 Å². The molecule has 0 amide bonds. The predicted octanol–water partition coefficient (Wildman–Crippen LogP) is 2.79. The highest BCUT2D eigenvalue weighted by molar-refractivity contribution is 5.46. The van der Waals surface area contributed by atoms with Crippen LogP contribution >= 0.6 is 0 Å². The van der Waals surface area contributed by atoms with E-state index in [1.165, 1.54) is 42.5 Å². The standard InChI is InChI=1S/C13H10N2O6/c16-8-9-7-11(15(19)20)3-6-13(9)21-12-4-1-10(2-5-12)14(17)18/h1-7,16H,8H2. The van der Waals surface area contributed by atoms with Gasteiger partial charge >= 0.3 is 0 Å². The zero-order valence-corrected chi connectivity index (χ0v) is 10.6. The van der Waals surface area contributed by atoms with Crippen LogP contribution < -0.4 is 4.74 Å². The number of nitro groups is 2. The molecule has 8 nitrogen and oxygen atoms in total. The average molecular weight is 290 g/mol. The van der Waals surface area contributed by atoms with Crippen molar-refractivity contribution in [2.45, 2.75) is 6.61 Å². The summed E-state index contributed by atoms with van der Waals surface area (Å²) >= 11 is 0. The van der Waals surface area contributed by atoms with Gasteiger partial charge in [-0.05, 0) is 18.2 Å². The molecule has 1 N–H and O–H groups in total. The molecule has 0 saturated carbocycles. The lowest BCUT2D eigenvalue weighted by molar-refractivity contribution is -0.385. The van der Waals surface area contributed by atoms with Crippen molar-refractivity contribution in [1.82, 2.24) is 0 Å². The Bertz CT molecular complexity index is 684. The molecule has 2 rings (SSSR count). The normalized spacial score (nSPS) is 10.1. The van der Waals surface area contributed by atoms with E-state index >= 15 is 0 Å². The van der Waals surface area contributed by atoms with Gasteiger partial charge in [-0.1, -0.05) is 0 Å². The van der Waals surface area contributed by atoms with Gasteiger partial charge in [0, 0.05) is 29.8 Å². The minimum absolute atomic E-state index is 0.0755. The summed E-state index contributed by atoms with van der Waals surface area (Å²) < 4.78 is 5.46. The summed E-state index contributed by atoms with van der Waals surface area (Å²) in [6.07, 6.45) is 0. The molecule has 0 unspecified atom stereocenters. The number of rotatable bonds is 5. The molecule has 0 aliphatic carbocycles. The summed E-state index contributed by atoms with van der Waals surface area (Å²) in [5, 5.41) is 30.4. The Balaban J connectivity index is 2.26. The molecule has 21 heavy (non-hydrogen) atoms. The third-order valence-electron chi connectivity index (χ3n) is 2.70. The first-order valence-electron chi connectivity index (χ1n) is 5.81. The summed E-state index contributed by atoms with van der Waals surface area (Å²) in [5.41, 5.74) is 0.0195. The summed E-state index contributed by atoms with van der Waals surface area (Å²) in [5.74, 6) is 0.570. The van der Waals surface area contributed by atoms with Gasteiger partial charge in [0.1, 0.15) is 11.5 Å². The van der Waals surface area contributed by atoms with E-state index in [4.69, 9.17) is 4.74 Å². The Morgan fingerprint density at radius 3 is 2.05 bits per heavy atom. The monoisotopic (exact) mass is 290 g/mol. The molecule has 0 aromatic heterocycles. The predicted molar refractivity (Wildman–Crippen MR) is 72.2 cm³/mol. The molecular formula is C13H10N2O6. The quantitative estimate of drug-likeness (QED) is 0.668. The van der Waals surface area contributed by atoms with E-state index < -0.39 is 16.5 Å². The van der Waals surface area contributed by atoms with Crippen molar-refractivity contribution < 1.29 is 19.7 Å². The Labute approximate surface area is 118 Å². The van der Waals surface area contributed by atoms with Gasteiger partial charge in [0.25, 0.3) is 11.4 Å². The van der Waals surface area contributed by atoms with Crippen molar-refractivity contribution in [2.24, 2.45) is 0 Å². The molecule has 0 saturated heterocycles. The molecule has 0 fully saturated rings. The molecular weight excluding hydrogens is 280 g/mol. The minimum atomic E-state index is -0.575. The van der Waals surface area contributed by atoms with Crippen LogP contribution in [0.3, 0.4) is 0 Å². The second kappa shape index (κ2) is 5.97. The topological polar surface area (TPSA) is 116 Å². The largest absolute Gasteiger partial charge is 0.457 e. The van der Waals surface area contributed by atoms with Gasteiger partial charge in [-0.3, -0.25) is 20.2 Å². The number of aliphatic hydroxyl groups excluding tert-OH is 1. The summed E-state index contributed by atoms with van der Waals surface area (Å²) in [7, 11) is 0. The number of benzene rings is 2. The van der Waals surface area contributed by atoms with E-state index in [1.54, 1.807) is 0 Å². The fourth-order valence-corrected chi connectivity index (χ4v) is 1.67. The fraction of sp³-hybridized carbons (Fsp3) is 0.0769. The van der Waals surface area contributed by atoms with Gasteiger partial charge in [0.2, 0.25) is 0 Å². The van der Waals surface area contributed by atoms with E-state index in [0.29, 0.717) is 5.75 Å². The molecule has 0 radical (unpaired) electrons. The van der Waals surface area contributed by atoms with E-state index in [-0.39, 0.29) is 22.7 Å². The SMILES string of the molecule is O=[N+]([O-])c1ccc(Oc2ccc([N+](=O)[O-])cc2CO)cc1. The number of hydrogen-bond donors (Lipinski definition) is 1. The Kier molecular flexibility index (Phi) is 4.10. The lowest BCUT2D eigenvalue weighted by Gasteiger charge is -2.09. The van der Waals surface area contributed by atoms with Crippen LogP contribution in [0.15, 0.2) is 42.5 Å². The van der Waals surface area contributed by atoms with E-state index in [2.05, 4.69) is 0 Å². The third-order valence-corrected chi connectivity index (χ3v) is 2.70. The van der Waals surface area contributed by atoms with Gasteiger partial charge in [-0.25, -0.2) is 0 Å². The van der Waals surface area contributed by atoms with Crippen molar-refractivity contribution in [2.75, 3.05) is 0 Å². The summed E-state index contributed by atoms with van der Waals surface area (Å²) in [4.78, 5) is 20.1. The van der Waals surface area contributed by atoms with E-state index in [1.807, 2.05) is 0 Å². The lowest BCUT2D eigenvalue weighted by Crippen LogP contribution is -1.95. The van der Waals surface area contributed by atoms with Gasteiger partial charge in [-0.15, -0.1) is 0 Å². The number of non-ortho nitro benzene ring substituents is 2. The van der Waals surface area contributed by atoms with Crippen LogP contribution in [0.1, 0.15) is 5.56 Å². The van der Waals surface area contributed by atoms with Crippen LogP contribution in [0.5, 0.6) is 11.5 Å². The number of nitrogens with zero attached hydrogens (tertiary/aromatic N) is 2. The highest BCUT2D eigenvalue weighted by Gasteiger charge is 2.12. The van der Waals surface area contributed by atoms with E-state index in [0.717, 1.165) is 0 Å². The molecule has 8 heteroatoms. The first-order valence-corrected chi connectivity index (χ1v) is 5.81. The zero-order chi connectivity index (χ0) is 15.4. The summed E-state index contributed by atoms with van der Waals surface area (Å²) in [6.45, 7) is -0.427. The zero-order valence-electron chi connectivity index (χ0n) is 10.6. The van der Waals surface area contributed by atoms with Crippen LogP contribution in [-0.2, 0) is 6.61 Å². The van der Waals surface area contributed by atoms with Gasteiger partial charge in [-0.2, -0.15) is 0 Å². The smallest absolute Gasteiger partial charge is 0.270 e. The van der Waals surface area contributed by atoms with Crippen LogP contribution in [0.4, 0.5) is 11.4 Å². The number of aliphatic hydroxyl groups is 1. The van der Waals surface area contributed by atoms with Crippen molar-refractivity contribution in [3.63, 3.8) is 0 Å². The molecule has 0 aliphatic heterocycles. The van der Waals surface area contributed by atoms with E-state index in [9.17, 15) is 25.3 Å². The third kappa shape index (κ3) is 3.31. The average Bonchev–Trinajstić information content (AvgIpc) is 2.48. The van der Waals surface area contributed by atoms with Crippen LogP contribution in [-0.4, -0.2) is 15.0 Å². The first kappa shape index (κ1) is 14.4. The molecule has 2 aromatic carbocycles. The van der Waals surface area contributed by atoms with Crippen molar-refractivity contribution in [3.8, 4) is 11.5 Å². The Hall–Kier alpha value is -3.00. The highest BCUT2D eigenvalue weighted by Crippen LogP contribution is 2.29. The number of nitro benzene ring substituents is 2. The lowest BCUT2D eigenvalue weighted by atomic mass is 10.2. The molecule has 2 aromatic rings. The fourth-order valence-electron chi connectivity index (χ4n) is 1.67. The summed E-state index contributed by atoms with van der Waals surface area (Å²) in [6, 6.07) is 9.19. The molecule has 108 valence electrons. The Morgan fingerprint density at radius 1 is 0.952 bits per heavy atom. The minimum Gasteiger partial charge on any atom is -0.457 e. The van der Waals surface area contributed by atoms with Crippen LogP contribution in [0.2, 0.25) is 0 Å². The number of ether oxygens (including phenoxy) is 1. The maximum absolute atomic E-state index is 10.7. The maximum atomic E-state index is 10.7. The maximum Gasteiger partial charge on any atom is 0.270 e. The molecule has 0 atom stereocenters. The van der Waals surface area contributed by atoms with Crippen LogP contribution in [0.25, 0.3) is 0 Å². The highest BCUT2D eigenvalue weighted by atomic mass is 16.6. The molecule has 0 heterocycles. The van der Waals surface area contributed by atoms with Crippen LogP contribution in [0, 0.1) is 20.2 Å². The molecule has 0 aliphatic rings. The van der Waals surface area contributed by atoms with Gasteiger partial charge in [0.05, 0.1) is 16.5 Å². The number of hydrogen-bond acceptors (Lipinski definition) is 6. The first-order chi connectivity index (χ1) is 10.0. The molecule has 0 spiro atoms. The second-order valence-electron chi connectivity index (χ2n) is 4.06. The van der Waals surface area contributed by atoms with Crippen molar-refractivity contribution in [1.29, 1.82) is 0 Å². The second-order valence-corrected chi connectivity index (χ2v) is 4.06. The van der Waals surface area contributed by atoms with Gasteiger partial charge in [0.15, 0.2) is 0 Å². The van der Waals surface area contributed by atoms with Gasteiger partial charge < -0.3 is 9.84 Å². The Morgan fingerprint density at radius 2 is 1.52 bits per heavy atom.